The van der Waals surface area contributed by atoms with Crippen LogP contribution in [0, 0.1) is 0 Å². The molecule has 5 rings (SSSR count). The Kier molecular flexibility index (Phi) is 7.10. The van der Waals surface area contributed by atoms with Crippen LogP contribution in [-0.4, -0.2) is 75.4 Å². The van der Waals surface area contributed by atoms with Gasteiger partial charge >= 0.3 is 6.18 Å². The molecule has 0 spiro atoms. The van der Waals surface area contributed by atoms with Crippen LogP contribution in [0.4, 0.5) is 19.0 Å². The average molecular weight is 557 g/mol. The summed E-state index contributed by atoms with van der Waals surface area (Å²) in [7, 11) is 0. The van der Waals surface area contributed by atoms with Crippen LogP contribution in [0.25, 0.3) is 0 Å². The van der Waals surface area contributed by atoms with Gasteiger partial charge in [-0.15, -0.1) is 4.59 Å². The lowest BCUT2D eigenvalue weighted by molar-refractivity contribution is -0.750. The number of hydrogen-bond acceptors (Lipinski definition) is 8. The minimum absolute atomic E-state index is 0.166. The van der Waals surface area contributed by atoms with Gasteiger partial charge in [-0.05, 0) is 43.3 Å². The van der Waals surface area contributed by atoms with E-state index in [2.05, 4.69) is 15.3 Å². The number of pyridine rings is 1. The number of rotatable bonds is 5. The van der Waals surface area contributed by atoms with Gasteiger partial charge in [0, 0.05) is 18.3 Å². The number of nitrogens with one attached hydrogen (secondary N) is 1. The summed E-state index contributed by atoms with van der Waals surface area (Å²) in [5.41, 5.74) is 0.827. The molecule has 4 N–H and O–H groups in total. The highest BCUT2D eigenvalue weighted by molar-refractivity contribution is 6.05. The molecule has 0 aliphatic carbocycles. The van der Waals surface area contributed by atoms with Crippen LogP contribution >= 0.6 is 0 Å². The average Bonchev–Trinajstić information content (AvgIpc) is 3.25. The zero-order valence-electron chi connectivity index (χ0n) is 21.2. The molecule has 1 aromatic heterocycles. The van der Waals surface area contributed by atoms with Gasteiger partial charge in [-0.3, -0.25) is 14.6 Å². The number of carbonyl (C=O) groups is 2. The Morgan fingerprint density at radius 3 is 2.70 bits per heavy atom. The highest BCUT2D eigenvalue weighted by Gasteiger charge is 2.47. The smallest absolute Gasteiger partial charge is 0.384 e. The summed E-state index contributed by atoms with van der Waals surface area (Å²) in [6.07, 6.45) is -0.652. The van der Waals surface area contributed by atoms with Crippen molar-refractivity contribution in [2.24, 2.45) is 15.8 Å². The standard InChI is InChI=1S/C26H24F3N7O4/c1-15(37)25(39)35-9-11-40-20(14-35)22-19-13-31-8-10-36(19,30)23(34-22)16-2-4-17(5-3-16)24(38)33-21-12-18(6-7-32-21)26(27,28)29/h2-8,10,12-13,15,20,37H,9,11,14,30H2,1H3/p+1/t15-,20-,36?/m1/s1. The number of aromatic nitrogens is 1. The van der Waals surface area contributed by atoms with Crippen molar-refractivity contribution < 1.29 is 37.2 Å². The van der Waals surface area contributed by atoms with Gasteiger partial charge in [-0.1, -0.05) is 0 Å². The Morgan fingerprint density at radius 1 is 1.25 bits per heavy atom. The first-order chi connectivity index (χ1) is 19.0. The normalized spacial score (nSPS) is 23.1. The summed E-state index contributed by atoms with van der Waals surface area (Å²) in [5, 5.41) is 12.1. The molecular formula is C26H25F3N7O4+. The van der Waals surface area contributed by atoms with E-state index in [1.54, 1.807) is 24.5 Å². The number of aliphatic hydroxyl groups excluding tert-OH is 1. The predicted molar refractivity (Wildman–Crippen MR) is 137 cm³/mol. The molecule has 1 fully saturated rings. The zero-order chi connectivity index (χ0) is 28.7. The number of anilines is 1. The number of halogens is 3. The van der Waals surface area contributed by atoms with Gasteiger partial charge in [0.2, 0.25) is 5.70 Å². The molecule has 1 aromatic carbocycles. The van der Waals surface area contributed by atoms with E-state index >= 15 is 0 Å². The van der Waals surface area contributed by atoms with Crippen LogP contribution in [0.3, 0.4) is 0 Å². The first kappa shape index (κ1) is 27.3. The number of aliphatic imine (C=N–C) groups is 2. The van der Waals surface area contributed by atoms with Gasteiger partial charge in [-0.25, -0.2) is 4.98 Å². The molecule has 1 unspecified atom stereocenters. The zero-order valence-corrected chi connectivity index (χ0v) is 21.2. The van der Waals surface area contributed by atoms with E-state index in [9.17, 15) is 27.9 Å². The van der Waals surface area contributed by atoms with E-state index in [1.807, 2.05) is 0 Å². The summed E-state index contributed by atoms with van der Waals surface area (Å²) < 4.78 is 44.5. The maximum atomic E-state index is 13.0. The highest BCUT2D eigenvalue weighted by atomic mass is 19.4. The molecule has 0 radical (unpaired) electrons. The third-order valence-electron chi connectivity index (χ3n) is 6.60. The second-order valence-electron chi connectivity index (χ2n) is 9.34. The number of allylic oxidation sites excluding steroid dienone is 1. The molecule has 3 aliphatic rings. The fourth-order valence-corrected chi connectivity index (χ4v) is 4.56. The van der Waals surface area contributed by atoms with E-state index in [-0.39, 0.29) is 29.1 Å². The molecule has 40 heavy (non-hydrogen) atoms. The van der Waals surface area contributed by atoms with Crippen molar-refractivity contribution in [3.05, 3.63) is 83.1 Å². The van der Waals surface area contributed by atoms with Crippen LogP contribution in [0.5, 0.6) is 0 Å². The SMILES string of the molecule is C[C@@H](O)C(=O)N1CCO[C@@H](C2=C3C=NC=C[N+]3(N)C(c3ccc(C(=O)Nc4cc(C(F)(F)F)ccn4)cc3)=N2)C1. The minimum Gasteiger partial charge on any atom is -0.384 e. The van der Waals surface area contributed by atoms with E-state index in [4.69, 9.17) is 15.6 Å². The maximum Gasteiger partial charge on any atom is 0.416 e. The summed E-state index contributed by atoms with van der Waals surface area (Å²) in [6, 6.07) is 7.79. The number of amides is 2. The topological polar surface area (TPSA) is 142 Å². The third-order valence-corrected chi connectivity index (χ3v) is 6.60. The van der Waals surface area contributed by atoms with Crippen molar-refractivity contribution in [3.63, 3.8) is 0 Å². The second kappa shape index (κ2) is 10.4. The van der Waals surface area contributed by atoms with E-state index in [0.717, 1.165) is 18.3 Å². The van der Waals surface area contributed by atoms with E-state index in [0.29, 0.717) is 29.3 Å². The molecule has 0 saturated carbocycles. The first-order valence-corrected chi connectivity index (χ1v) is 12.2. The Bertz CT molecular complexity index is 1470. The van der Waals surface area contributed by atoms with Crippen LogP contribution in [0.1, 0.15) is 28.4 Å². The number of alkyl halides is 3. The van der Waals surface area contributed by atoms with Gasteiger partial charge in [0.25, 0.3) is 17.6 Å². The van der Waals surface area contributed by atoms with Gasteiger partial charge in [-0.2, -0.15) is 24.0 Å². The Morgan fingerprint density at radius 2 is 2.00 bits per heavy atom. The van der Waals surface area contributed by atoms with Gasteiger partial charge in [0.15, 0.2) is 0 Å². The maximum absolute atomic E-state index is 13.0. The Hall–Kier alpha value is -4.24. The lowest BCUT2D eigenvalue weighted by Crippen LogP contribution is -2.53. The predicted octanol–water partition coefficient (Wildman–Crippen LogP) is 2.18. The van der Waals surface area contributed by atoms with Crippen molar-refractivity contribution in [1.82, 2.24) is 9.88 Å². The summed E-state index contributed by atoms with van der Waals surface area (Å²) in [5.74, 6) is 5.85. The van der Waals surface area contributed by atoms with Crippen molar-refractivity contribution in [2.45, 2.75) is 25.3 Å². The third kappa shape index (κ3) is 5.16. The fraction of sp³-hybridized carbons (Fsp3) is 0.269. The first-order valence-electron chi connectivity index (χ1n) is 12.2. The van der Waals surface area contributed by atoms with Gasteiger partial charge < -0.3 is 20.1 Å². The summed E-state index contributed by atoms with van der Waals surface area (Å²) >= 11 is 0. The van der Waals surface area contributed by atoms with Gasteiger partial charge in [0.1, 0.15) is 29.9 Å². The van der Waals surface area contributed by atoms with Crippen molar-refractivity contribution in [1.29, 1.82) is 0 Å². The van der Waals surface area contributed by atoms with E-state index < -0.39 is 35.8 Å². The molecule has 208 valence electrons. The molecule has 4 heterocycles. The Labute approximate surface area is 226 Å². The molecule has 14 heteroatoms. The lowest BCUT2D eigenvalue weighted by Gasteiger charge is -2.33. The molecular weight excluding hydrogens is 531 g/mol. The minimum atomic E-state index is -4.57. The molecule has 2 aromatic rings. The molecule has 3 aliphatic heterocycles. The van der Waals surface area contributed by atoms with Crippen LogP contribution in [0.2, 0.25) is 0 Å². The van der Waals surface area contributed by atoms with Crippen molar-refractivity contribution in [3.8, 4) is 0 Å². The quantitative estimate of drug-likeness (QED) is 0.381. The number of nitrogens with two attached hydrogens (primary N) is 1. The summed E-state index contributed by atoms with van der Waals surface area (Å²) in [4.78, 5) is 39.3. The number of amidine groups is 1. The number of aliphatic hydroxyl groups is 1. The van der Waals surface area contributed by atoms with Crippen molar-refractivity contribution in [2.75, 3.05) is 25.0 Å². The number of ether oxygens (including phenoxy) is 1. The van der Waals surface area contributed by atoms with Crippen LogP contribution < -0.4 is 11.2 Å². The molecule has 2 amide bonds. The van der Waals surface area contributed by atoms with Gasteiger partial charge in [0.05, 0.1) is 36.7 Å². The molecule has 11 nitrogen and oxygen atoms in total. The highest BCUT2D eigenvalue weighted by Crippen LogP contribution is 2.34. The fourth-order valence-electron chi connectivity index (χ4n) is 4.56. The number of hydrogen-bond donors (Lipinski definition) is 3. The molecule has 1 saturated heterocycles. The number of benzene rings is 1. The van der Waals surface area contributed by atoms with E-state index in [1.165, 1.54) is 30.2 Å². The number of quaternary nitrogens is 1. The molecule has 3 atom stereocenters. The second-order valence-corrected chi connectivity index (χ2v) is 9.34. The largest absolute Gasteiger partial charge is 0.416 e. The Balaban J connectivity index is 1.38. The lowest BCUT2D eigenvalue weighted by atomic mass is 10.1. The number of nitrogens with zero attached hydrogens (tertiary/aromatic N) is 5. The van der Waals surface area contributed by atoms with Crippen molar-refractivity contribution >= 4 is 29.7 Å². The monoisotopic (exact) mass is 556 g/mol. The number of fused-ring (bicyclic) bond motifs is 1. The number of carbonyl (C=O) groups excluding carboxylic acids is 2. The van der Waals surface area contributed by atoms with Crippen LogP contribution in [0.15, 0.2) is 76.4 Å². The summed E-state index contributed by atoms with van der Waals surface area (Å²) in [6.45, 7) is 2.14. The van der Waals surface area contributed by atoms with Crippen LogP contribution in [-0.2, 0) is 15.7 Å². The number of morpholine rings is 1. The molecule has 0 bridgehead atoms.